The Kier molecular flexibility index (Phi) is 3.88. The lowest BCUT2D eigenvalue weighted by molar-refractivity contribution is -0.126. The number of piperidine rings is 1. The number of rotatable bonds is 4. The standard InChI is InChI=1S/C15H26N2O/c18-15(14-10-12-1-2-13(14)9-12)17-8-5-11-3-6-16-7-4-11/h11-14,16H,1-10H2,(H,17,18). The molecule has 0 radical (unpaired) electrons. The van der Waals surface area contributed by atoms with Crippen molar-refractivity contribution in [3.8, 4) is 0 Å². The minimum Gasteiger partial charge on any atom is -0.356 e. The lowest BCUT2D eigenvalue weighted by Crippen LogP contribution is -2.36. The van der Waals surface area contributed by atoms with Crippen molar-refractivity contribution in [3.05, 3.63) is 0 Å². The van der Waals surface area contributed by atoms with Crippen LogP contribution >= 0.6 is 0 Å². The summed E-state index contributed by atoms with van der Waals surface area (Å²) in [6.45, 7) is 3.22. The molecule has 0 aromatic carbocycles. The topological polar surface area (TPSA) is 41.1 Å². The number of nitrogens with one attached hydrogen (secondary N) is 2. The van der Waals surface area contributed by atoms with Gasteiger partial charge in [0, 0.05) is 12.5 Å². The van der Waals surface area contributed by atoms with E-state index < -0.39 is 0 Å². The third-order valence-electron chi connectivity index (χ3n) is 5.39. The largest absolute Gasteiger partial charge is 0.356 e. The minimum atomic E-state index is 0.358. The quantitative estimate of drug-likeness (QED) is 0.800. The third kappa shape index (κ3) is 2.71. The van der Waals surface area contributed by atoms with E-state index in [0.29, 0.717) is 17.7 Å². The molecule has 2 saturated carbocycles. The van der Waals surface area contributed by atoms with E-state index in [4.69, 9.17) is 0 Å². The molecule has 3 rings (SSSR count). The molecule has 3 fully saturated rings. The molecule has 0 aromatic rings. The summed E-state index contributed by atoms with van der Waals surface area (Å²) >= 11 is 0. The molecule has 1 saturated heterocycles. The summed E-state index contributed by atoms with van der Waals surface area (Å²) in [5.41, 5.74) is 0. The summed E-state index contributed by atoms with van der Waals surface area (Å²) in [5, 5.41) is 6.59. The Balaban J connectivity index is 1.36. The summed E-state index contributed by atoms with van der Waals surface area (Å²) in [4.78, 5) is 12.2. The summed E-state index contributed by atoms with van der Waals surface area (Å²) in [6, 6.07) is 0. The van der Waals surface area contributed by atoms with Crippen LogP contribution in [0.1, 0.15) is 44.9 Å². The summed E-state index contributed by atoms with van der Waals surface area (Å²) in [6.07, 6.45) is 8.92. The Labute approximate surface area is 110 Å². The van der Waals surface area contributed by atoms with Gasteiger partial charge in [-0.05, 0) is 69.4 Å². The van der Waals surface area contributed by atoms with Crippen molar-refractivity contribution >= 4 is 5.91 Å². The van der Waals surface area contributed by atoms with Gasteiger partial charge in [0.25, 0.3) is 0 Å². The van der Waals surface area contributed by atoms with Gasteiger partial charge >= 0.3 is 0 Å². The van der Waals surface area contributed by atoms with E-state index in [1.807, 2.05) is 0 Å². The Morgan fingerprint density at radius 3 is 2.61 bits per heavy atom. The van der Waals surface area contributed by atoms with Crippen LogP contribution in [0.4, 0.5) is 0 Å². The fraction of sp³-hybridized carbons (Fsp3) is 0.933. The zero-order valence-electron chi connectivity index (χ0n) is 11.3. The average Bonchev–Trinajstić information content (AvgIpc) is 3.02. The molecule has 3 unspecified atom stereocenters. The van der Waals surface area contributed by atoms with Crippen LogP contribution in [0.2, 0.25) is 0 Å². The molecule has 0 aromatic heterocycles. The second kappa shape index (κ2) is 5.60. The fourth-order valence-electron chi connectivity index (χ4n) is 4.27. The highest BCUT2D eigenvalue weighted by atomic mass is 16.1. The normalized spacial score (nSPS) is 35.9. The molecule has 3 aliphatic rings. The number of carbonyl (C=O) groups is 1. The van der Waals surface area contributed by atoms with E-state index in [9.17, 15) is 4.79 Å². The van der Waals surface area contributed by atoms with Crippen LogP contribution in [-0.4, -0.2) is 25.5 Å². The van der Waals surface area contributed by atoms with Crippen LogP contribution in [0.15, 0.2) is 0 Å². The molecule has 0 spiro atoms. The molecule has 1 aliphatic heterocycles. The summed E-state index contributed by atoms with van der Waals surface area (Å²) in [7, 11) is 0. The minimum absolute atomic E-state index is 0.358. The fourth-order valence-corrected chi connectivity index (χ4v) is 4.27. The maximum atomic E-state index is 12.2. The maximum absolute atomic E-state index is 12.2. The Hall–Kier alpha value is -0.570. The van der Waals surface area contributed by atoms with Gasteiger partial charge in [0.1, 0.15) is 0 Å². The van der Waals surface area contributed by atoms with Gasteiger partial charge in [-0.25, -0.2) is 0 Å². The molecule has 18 heavy (non-hydrogen) atoms. The molecule has 102 valence electrons. The molecule has 1 heterocycles. The molecule has 2 N–H and O–H groups in total. The van der Waals surface area contributed by atoms with Crippen LogP contribution < -0.4 is 10.6 Å². The molecular weight excluding hydrogens is 224 g/mol. The smallest absolute Gasteiger partial charge is 0.223 e. The number of hydrogen-bond donors (Lipinski definition) is 2. The first-order chi connectivity index (χ1) is 8.83. The third-order valence-corrected chi connectivity index (χ3v) is 5.39. The van der Waals surface area contributed by atoms with Crippen LogP contribution in [0.25, 0.3) is 0 Å². The second-order valence-corrected chi connectivity index (χ2v) is 6.55. The molecule has 1 amide bonds. The van der Waals surface area contributed by atoms with Crippen molar-refractivity contribution in [1.82, 2.24) is 10.6 Å². The van der Waals surface area contributed by atoms with E-state index in [-0.39, 0.29) is 0 Å². The SMILES string of the molecule is O=C(NCCC1CCNCC1)C1CC2CCC1C2. The van der Waals surface area contributed by atoms with Crippen molar-refractivity contribution in [2.45, 2.75) is 44.9 Å². The van der Waals surface area contributed by atoms with Crippen molar-refractivity contribution in [2.75, 3.05) is 19.6 Å². The number of carbonyl (C=O) groups excluding carboxylic acids is 1. The van der Waals surface area contributed by atoms with E-state index in [0.717, 1.165) is 31.5 Å². The molecular formula is C15H26N2O. The van der Waals surface area contributed by atoms with Crippen LogP contribution in [0.3, 0.4) is 0 Å². The maximum Gasteiger partial charge on any atom is 0.223 e. The predicted octanol–water partition coefficient (Wildman–Crippen LogP) is 1.93. The number of amides is 1. The molecule has 3 heteroatoms. The van der Waals surface area contributed by atoms with E-state index in [1.54, 1.807) is 0 Å². The van der Waals surface area contributed by atoms with E-state index in [2.05, 4.69) is 10.6 Å². The van der Waals surface area contributed by atoms with Crippen LogP contribution in [0, 0.1) is 23.7 Å². The lowest BCUT2D eigenvalue weighted by atomic mass is 9.88. The monoisotopic (exact) mass is 250 g/mol. The van der Waals surface area contributed by atoms with Crippen molar-refractivity contribution < 1.29 is 4.79 Å². The van der Waals surface area contributed by atoms with Gasteiger partial charge in [-0.1, -0.05) is 6.42 Å². The Morgan fingerprint density at radius 2 is 1.94 bits per heavy atom. The highest BCUT2D eigenvalue weighted by molar-refractivity contribution is 5.79. The van der Waals surface area contributed by atoms with Crippen molar-refractivity contribution in [3.63, 3.8) is 0 Å². The van der Waals surface area contributed by atoms with E-state index >= 15 is 0 Å². The van der Waals surface area contributed by atoms with Crippen LogP contribution in [0.5, 0.6) is 0 Å². The van der Waals surface area contributed by atoms with Crippen LogP contribution in [-0.2, 0) is 4.79 Å². The van der Waals surface area contributed by atoms with E-state index in [1.165, 1.54) is 44.9 Å². The number of fused-ring (bicyclic) bond motifs is 2. The van der Waals surface area contributed by atoms with Gasteiger partial charge in [-0.15, -0.1) is 0 Å². The molecule has 3 nitrogen and oxygen atoms in total. The Morgan fingerprint density at radius 1 is 1.11 bits per heavy atom. The first-order valence-electron chi connectivity index (χ1n) is 7.81. The Bertz CT molecular complexity index is 299. The lowest BCUT2D eigenvalue weighted by Gasteiger charge is -2.24. The zero-order chi connectivity index (χ0) is 12.4. The zero-order valence-corrected chi connectivity index (χ0v) is 11.3. The van der Waals surface area contributed by atoms with Gasteiger partial charge in [-0.2, -0.15) is 0 Å². The molecule has 3 atom stereocenters. The average molecular weight is 250 g/mol. The first-order valence-corrected chi connectivity index (χ1v) is 7.81. The first kappa shape index (κ1) is 12.5. The summed E-state index contributed by atoms with van der Waals surface area (Å²) < 4.78 is 0. The highest BCUT2D eigenvalue weighted by Gasteiger charge is 2.42. The predicted molar refractivity (Wildman–Crippen MR) is 72.2 cm³/mol. The van der Waals surface area contributed by atoms with Gasteiger partial charge in [0.05, 0.1) is 0 Å². The van der Waals surface area contributed by atoms with Gasteiger partial charge < -0.3 is 10.6 Å². The van der Waals surface area contributed by atoms with Gasteiger partial charge in [-0.3, -0.25) is 4.79 Å². The highest BCUT2D eigenvalue weighted by Crippen LogP contribution is 2.48. The van der Waals surface area contributed by atoms with Crippen molar-refractivity contribution in [1.29, 1.82) is 0 Å². The van der Waals surface area contributed by atoms with Gasteiger partial charge in [0.15, 0.2) is 0 Å². The second-order valence-electron chi connectivity index (χ2n) is 6.55. The number of hydrogen-bond acceptors (Lipinski definition) is 2. The van der Waals surface area contributed by atoms with Crippen molar-refractivity contribution in [2.24, 2.45) is 23.7 Å². The molecule has 2 aliphatic carbocycles. The summed E-state index contributed by atoms with van der Waals surface area (Å²) in [5.74, 6) is 3.13. The van der Waals surface area contributed by atoms with Gasteiger partial charge in [0.2, 0.25) is 5.91 Å². The molecule has 2 bridgehead atoms.